The van der Waals surface area contributed by atoms with Gasteiger partial charge in [0.25, 0.3) is 0 Å². The van der Waals surface area contributed by atoms with Crippen LogP contribution < -0.4 is 10.6 Å². The number of carbonyl (C=O) groups excluding carboxylic acids is 2. The minimum absolute atomic E-state index is 0.123. The lowest BCUT2D eigenvalue weighted by Gasteiger charge is -2.19. The van der Waals surface area contributed by atoms with Gasteiger partial charge in [0.05, 0.1) is 19.4 Å². The Bertz CT molecular complexity index is 560. The van der Waals surface area contributed by atoms with Crippen LogP contribution in [0.2, 0.25) is 0 Å². The van der Waals surface area contributed by atoms with E-state index in [1.54, 1.807) is 17.6 Å². The van der Waals surface area contributed by atoms with E-state index >= 15 is 0 Å². The average molecular weight is 335 g/mol. The minimum Gasteiger partial charge on any atom is -0.468 e. The molecule has 0 aromatic carbocycles. The number of thiophene rings is 1. The topological polar surface area (TPSA) is 74.6 Å². The van der Waals surface area contributed by atoms with Gasteiger partial charge in [0.1, 0.15) is 5.76 Å². The third-order valence-corrected chi connectivity index (χ3v) is 3.94. The van der Waals surface area contributed by atoms with E-state index < -0.39 is 6.03 Å². The number of amides is 3. The Labute approximate surface area is 139 Å². The monoisotopic (exact) mass is 335 g/mol. The van der Waals surface area contributed by atoms with Crippen LogP contribution in [-0.2, 0) is 17.9 Å². The number of furan rings is 1. The number of hydrogen-bond acceptors (Lipinski definition) is 5. The second kappa shape index (κ2) is 9.12. The molecule has 0 atom stereocenters. The quantitative estimate of drug-likeness (QED) is 0.777. The van der Waals surface area contributed by atoms with E-state index in [2.05, 4.69) is 10.6 Å². The van der Waals surface area contributed by atoms with Crippen molar-refractivity contribution in [2.45, 2.75) is 26.4 Å². The molecule has 124 valence electrons. The summed E-state index contributed by atoms with van der Waals surface area (Å²) in [7, 11) is 0. The number of urea groups is 1. The van der Waals surface area contributed by atoms with E-state index in [0.717, 1.165) is 17.1 Å². The molecule has 0 aliphatic heterocycles. The highest BCUT2D eigenvalue weighted by atomic mass is 32.1. The molecule has 3 amide bonds. The van der Waals surface area contributed by atoms with Crippen LogP contribution in [0.3, 0.4) is 0 Å². The predicted molar refractivity (Wildman–Crippen MR) is 89.0 cm³/mol. The van der Waals surface area contributed by atoms with Gasteiger partial charge in [-0.2, -0.15) is 0 Å². The number of nitrogens with one attached hydrogen (secondary N) is 2. The van der Waals surface area contributed by atoms with Gasteiger partial charge in [-0.3, -0.25) is 15.0 Å². The van der Waals surface area contributed by atoms with Gasteiger partial charge in [0.15, 0.2) is 0 Å². The van der Waals surface area contributed by atoms with Gasteiger partial charge in [0.2, 0.25) is 5.91 Å². The number of hydrogen-bond donors (Lipinski definition) is 2. The summed E-state index contributed by atoms with van der Waals surface area (Å²) in [6.07, 6.45) is 2.43. The van der Waals surface area contributed by atoms with Crippen LogP contribution in [0.25, 0.3) is 0 Å². The Morgan fingerprint density at radius 1 is 1.26 bits per heavy atom. The Morgan fingerprint density at radius 3 is 2.78 bits per heavy atom. The van der Waals surface area contributed by atoms with Crippen LogP contribution >= 0.6 is 11.3 Å². The fourth-order valence-corrected chi connectivity index (χ4v) is 2.81. The highest BCUT2D eigenvalue weighted by Crippen LogP contribution is 2.14. The highest BCUT2D eigenvalue weighted by molar-refractivity contribution is 7.09. The summed E-state index contributed by atoms with van der Waals surface area (Å²) in [4.78, 5) is 26.7. The van der Waals surface area contributed by atoms with E-state index in [1.165, 1.54) is 0 Å². The Kier molecular flexibility index (Phi) is 6.83. The van der Waals surface area contributed by atoms with Crippen molar-refractivity contribution in [3.05, 3.63) is 46.5 Å². The van der Waals surface area contributed by atoms with E-state index in [4.69, 9.17) is 4.42 Å². The Balaban J connectivity index is 1.90. The van der Waals surface area contributed by atoms with Crippen LogP contribution in [-0.4, -0.2) is 29.9 Å². The maximum Gasteiger partial charge on any atom is 0.321 e. The summed E-state index contributed by atoms with van der Waals surface area (Å²) in [6.45, 7) is 3.76. The maximum atomic E-state index is 12.0. The fourth-order valence-electron chi connectivity index (χ4n) is 2.07. The number of imide groups is 1. The molecule has 6 nitrogen and oxygen atoms in total. The van der Waals surface area contributed by atoms with Crippen molar-refractivity contribution in [3.63, 3.8) is 0 Å². The second-order valence-electron chi connectivity index (χ2n) is 5.11. The third-order valence-electron chi connectivity index (χ3n) is 3.07. The Morgan fingerprint density at radius 2 is 2.13 bits per heavy atom. The van der Waals surface area contributed by atoms with Gasteiger partial charge in [-0.05, 0) is 30.0 Å². The van der Waals surface area contributed by atoms with Crippen molar-refractivity contribution in [1.29, 1.82) is 0 Å². The van der Waals surface area contributed by atoms with Gasteiger partial charge >= 0.3 is 6.03 Å². The van der Waals surface area contributed by atoms with E-state index in [9.17, 15) is 9.59 Å². The highest BCUT2D eigenvalue weighted by Gasteiger charge is 2.15. The molecule has 0 unspecified atom stereocenters. The van der Waals surface area contributed by atoms with Crippen LogP contribution in [0, 0.1) is 0 Å². The van der Waals surface area contributed by atoms with Crippen LogP contribution in [0.15, 0.2) is 40.3 Å². The van der Waals surface area contributed by atoms with Crippen molar-refractivity contribution < 1.29 is 14.0 Å². The van der Waals surface area contributed by atoms with Gasteiger partial charge in [0, 0.05) is 18.0 Å². The van der Waals surface area contributed by atoms with E-state index in [1.807, 2.05) is 41.5 Å². The first-order valence-corrected chi connectivity index (χ1v) is 8.40. The van der Waals surface area contributed by atoms with Crippen molar-refractivity contribution in [2.24, 2.45) is 0 Å². The lowest BCUT2D eigenvalue weighted by atomic mass is 10.3. The molecule has 0 bridgehead atoms. The molecule has 7 heteroatoms. The molecule has 0 saturated heterocycles. The summed E-state index contributed by atoms with van der Waals surface area (Å²) in [5.74, 6) is 0.450. The molecule has 2 heterocycles. The van der Waals surface area contributed by atoms with Gasteiger partial charge < -0.3 is 9.73 Å². The van der Waals surface area contributed by atoms with Crippen molar-refractivity contribution in [2.75, 3.05) is 13.1 Å². The molecule has 2 rings (SSSR count). The van der Waals surface area contributed by atoms with Crippen LogP contribution in [0.4, 0.5) is 4.79 Å². The molecule has 0 fully saturated rings. The zero-order valence-electron chi connectivity index (χ0n) is 13.1. The smallest absolute Gasteiger partial charge is 0.321 e. The van der Waals surface area contributed by atoms with Gasteiger partial charge in [-0.15, -0.1) is 11.3 Å². The van der Waals surface area contributed by atoms with E-state index in [-0.39, 0.29) is 12.5 Å². The zero-order valence-corrected chi connectivity index (χ0v) is 13.9. The van der Waals surface area contributed by atoms with Crippen LogP contribution in [0.1, 0.15) is 24.0 Å². The van der Waals surface area contributed by atoms with Crippen molar-refractivity contribution in [1.82, 2.24) is 15.5 Å². The molecular weight excluding hydrogens is 314 g/mol. The average Bonchev–Trinajstić information content (AvgIpc) is 3.18. The van der Waals surface area contributed by atoms with Gasteiger partial charge in [-0.1, -0.05) is 13.0 Å². The van der Waals surface area contributed by atoms with Crippen LogP contribution in [0.5, 0.6) is 0 Å². The lowest BCUT2D eigenvalue weighted by Crippen LogP contribution is -2.44. The largest absolute Gasteiger partial charge is 0.468 e. The SMILES string of the molecule is CCCNC(=O)NC(=O)CN(Cc1ccco1)Cc1cccs1. The number of carbonyl (C=O) groups is 2. The van der Waals surface area contributed by atoms with Crippen molar-refractivity contribution in [3.8, 4) is 0 Å². The molecule has 2 N–H and O–H groups in total. The summed E-state index contributed by atoms with van der Waals surface area (Å²) in [6, 6.07) is 7.23. The number of nitrogens with zero attached hydrogens (tertiary/aromatic N) is 1. The Hall–Kier alpha value is -2.12. The molecule has 2 aromatic rings. The molecule has 0 aliphatic rings. The molecule has 0 saturated carbocycles. The lowest BCUT2D eigenvalue weighted by molar-refractivity contribution is -0.121. The standard InChI is InChI=1S/C16H21N3O3S/c1-2-7-17-16(21)18-15(20)12-19(10-13-5-3-8-22-13)11-14-6-4-9-23-14/h3-6,8-9H,2,7,10-12H2,1H3,(H2,17,18,20,21). The molecular formula is C16H21N3O3S. The second-order valence-corrected chi connectivity index (χ2v) is 6.14. The predicted octanol–water partition coefficient (Wildman–Crippen LogP) is 2.58. The molecule has 0 radical (unpaired) electrons. The summed E-state index contributed by atoms with van der Waals surface area (Å²) >= 11 is 1.63. The molecule has 23 heavy (non-hydrogen) atoms. The normalized spacial score (nSPS) is 10.7. The number of rotatable bonds is 8. The summed E-state index contributed by atoms with van der Waals surface area (Å²) in [5.41, 5.74) is 0. The summed E-state index contributed by atoms with van der Waals surface area (Å²) < 4.78 is 5.35. The molecule has 0 aliphatic carbocycles. The van der Waals surface area contributed by atoms with Gasteiger partial charge in [-0.25, -0.2) is 4.79 Å². The fraction of sp³-hybridized carbons (Fsp3) is 0.375. The molecule has 0 spiro atoms. The summed E-state index contributed by atoms with van der Waals surface area (Å²) in [5, 5.41) is 6.97. The maximum absolute atomic E-state index is 12.0. The minimum atomic E-state index is -0.453. The third kappa shape index (κ3) is 6.25. The zero-order chi connectivity index (χ0) is 16.5. The van der Waals surface area contributed by atoms with E-state index in [0.29, 0.717) is 19.6 Å². The molecule has 2 aromatic heterocycles. The van der Waals surface area contributed by atoms with Crippen molar-refractivity contribution >= 4 is 23.3 Å². The first-order chi connectivity index (χ1) is 11.2. The first-order valence-electron chi connectivity index (χ1n) is 7.52. The first kappa shape index (κ1) is 17.2.